The fourth-order valence-corrected chi connectivity index (χ4v) is 4.45. The SMILES string of the molecule is Cc1cc(S(=O)(=O)NC[C@](C)(O)c2cc3ccccc3o2)c(Cl)cc1Cl. The molecule has 1 atom stereocenters. The Morgan fingerprint density at radius 1 is 1.15 bits per heavy atom. The zero-order chi connectivity index (χ0) is 19.1. The third-order valence-corrected chi connectivity index (χ3v) is 6.34. The van der Waals surface area contributed by atoms with Crippen LogP contribution in [0.15, 0.2) is 51.8 Å². The molecule has 0 aliphatic rings. The molecular weight excluding hydrogens is 397 g/mol. The van der Waals surface area contributed by atoms with Gasteiger partial charge in [-0.3, -0.25) is 0 Å². The van der Waals surface area contributed by atoms with Crippen molar-refractivity contribution >= 4 is 44.2 Å². The van der Waals surface area contributed by atoms with Gasteiger partial charge in [0.05, 0.1) is 5.02 Å². The fourth-order valence-electron chi connectivity index (χ4n) is 2.48. The molecule has 3 aromatic rings. The largest absolute Gasteiger partial charge is 0.458 e. The number of fused-ring (bicyclic) bond motifs is 1. The zero-order valence-corrected chi connectivity index (χ0v) is 16.4. The first-order chi connectivity index (χ1) is 12.1. The molecule has 0 amide bonds. The summed E-state index contributed by atoms with van der Waals surface area (Å²) in [5, 5.41) is 11.9. The van der Waals surface area contributed by atoms with Gasteiger partial charge in [-0.2, -0.15) is 0 Å². The molecule has 1 heterocycles. The number of rotatable bonds is 5. The van der Waals surface area contributed by atoms with E-state index in [9.17, 15) is 13.5 Å². The summed E-state index contributed by atoms with van der Waals surface area (Å²) in [6.45, 7) is 2.87. The van der Waals surface area contributed by atoms with Crippen LogP contribution in [0.25, 0.3) is 11.0 Å². The molecule has 0 bridgehead atoms. The zero-order valence-electron chi connectivity index (χ0n) is 14.1. The van der Waals surface area contributed by atoms with Gasteiger partial charge in [-0.05, 0) is 43.7 Å². The molecule has 3 rings (SSSR count). The summed E-state index contributed by atoms with van der Waals surface area (Å²) in [7, 11) is -3.94. The topological polar surface area (TPSA) is 79.5 Å². The first kappa shape index (κ1) is 19.2. The van der Waals surface area contributed by atoms with Gasteiger partial charge in [0, 0.05) is 17.0 Å². The van der Waals surface area contributed by atoms with E-state index in [2.05, 4.69) is 4.72 Å². The molecule has 0 radical (unpaired) electrons. The number of hydrogen-bond donors (Lipinski definition) is 2. The van der Waals surface area contributed by atoms with Crippen LogP contribution < -0.4 is 4.72 Å². The minimum Gasteiger partial charge on any atom is -0.458 e. The summed E-state index contributed by atoms with van der Waals surface area (Å²) in [6.07, 6.45) is 0. The molecule has 0 aliphatic heterocycles. The number of hydrogen-bond acceptors (Lipinski definition) is 4. The highest BCUT2D eigenvalue weighted by Crippen LogP contribution is 2.30. The highest BCUT2D eigenvalue weighted by Gasteiger charge is 2.30. The molecule has 1 aromatic heterocycles. The van der Waals surface area contributed by atoms with E-state index in [1.165, 1.54) is 19.1 Å². The number of benzene rings is 2. The molecule has 0 aliphatic carbocycles. The van der Waals surface area contributed by atoms with E-state index in [4.69, 9.17) is 27.6 Å². The minimum absolute atomic E-state index is 0.0106. The summed E-state index contributed by atoms with van der Waals surface area (Å²) in [6, 6.07) is 11.7. The van der Waals surface area contributed by atoms with E-state index >= 15 is 0 Å². The summed E-state index contributed by atoms with van der Waals surface area (Å²) >= 11 is 12.0. The molecule has 0 unspecified atom stereocenters. The van der Waals surface area contributed by atoms with Crippen molar-refractivity contribution in [1.29, 1.82) is 0 Å². The fraction of sp³-hybridized carbons (Fsp3) is 0.222. The first-order valence-electron chi connectivity index (χ1n) is 7.77. The molecule has 0 saturated carbocycles. The Labute approximate surface area is 161 Å². The Hall–Kier alpha value is -1.57. The number of aryl methyl sites for hydroxylation is 1. The third-order valence-electron chi connectivity index (χ3n) is 4.07. The monoisotopic (exact) mass is 413 g/mol. The van der Waals surface area contributed by atoms with Crippen molar-refractivity contribution in [2.75, 3.05) is 6.54 Å². The van der Waals surface area contributed by atoms with Gasteiger partial charge in [0.25, 0.3) is 0 Å². The van der Waals surface area contributed by atoms with Crippen LogP contribution in [0.4, 0.5) is 0 Å². The molecule has 138 valence electrons. The average molecular weight is 414 g/mol. The lowest BCUT2D eigenvalue weighted by Crippen LogP contribution is -2.38. The molecule has 26 heavy (non-hydrogen) atoms. The summed E-state index contributed by atoms with van der Waals surface area (Å²) in [4.78, 5) is -0.0959. The maximum atomic E-state index is 12.6. The molecule has 2 aromatic carbocycles. The van der Waals surface area contributed by atoms with Gasteiger partial charge >= 0.3 is 0 Å². The van der Waals surface area contributed by atoms with E-state index in [-0.39, 0.29) is 22.2 Å². The van der Waals surface area contributed by atoms with Crippen LogP contribution in [0, 0.1) is 6.92 Å². The van der Waals surface area contributed by atoms with Gasteiger partial charge in [-0.25, -0.2) is 13.1 Å². The van der Waals surface area contributed by atoms with Crippen molar-refractivity contribution in [2.45, 2.75) is 24.3 Å². The highest BCUT2D eigenvalue weighted by atomic mass is 35.5. The van der Waals surface area contributed by atoms with Crippen LogP contribution in [-0.2, 0) is 15.6 Å². The second-order valence-electron chi connectivity index (χ2n) is 6.28. The van der Waals surface area contributed by atoms with Crippen LogP contribution in [0.3, 0.4) is 0 Å². The second kappa shape index (κ2) is 6.87. The Morgan fingerprint density at radius 3 is 2.54 bits per heavy atom. The number of sulfonamides is 1. The number of furan rings is 1. The normalized spacial score (nSPS) is 14.5. The predicted molar refractivity (Wildman–Crippen MR) is 102 cm³/mol. The molecule has 0 spiro atoms. The van der Waals surface area contributed by atoms with Crippen LogP contribution >= 0.6 is 23.2 Å². The second-order valence-corrected chi connectivity index (χ2v) is 8.83. The van der Waals surface area contributed by atoms with E-state index < -0.39 is 15.6 Å². The quantitative estimate of drug-likeness (QED) is 0.655. The Balaban J connectivity index is 1.85. The molecule has 5 nitrogen and oxygen atoms in total. The lowest BCUT2D eigenvalue weighted by Gasteiger charge is -2.21. The van der Waals surface area contributed by atoms with E-state index in [1.54, 1.807) is 19.1 Å². The molecule has 2 N–H and O–H groups in total. The minimum atomic E-state index is -3.94. The number of halogens is 2. The van der Waals surface area contributed by atoms with Crippen molar-refractivity contribution in [2.24, 2.45) is 0 Å². The maximum absolute atomic E-state index is 12.6. The molecule has 0 saturated heterocycles. The highest BCUT2D eigenvalue weighted by molar-refractivity contribution is 7.89. The van der Waals surface area contributed by atoms with Gasteiger partial charge in [-0.1, -0.05) is 41.4 Å². The Bertz CT molecular complexity index is 1040. The van der Waals surface area contributed by atoms with Crippen molar-refractivity contribution in [3.8, 4) is 0 Å². The van der Waals surface area contributed by atoms with Gasteiger partial charge in [0.15, 0.2) is 0 Å². The Kier molecular flexibility index (Phi) is 5.07. The number of nitrogens with one attached hydrogen (secondary N) is 1. The molecular formula is C18H17Cl2NO4S. The van der Waals surface area contributed by atoms with Crippen LogP contribution in [0.1, 0.15) is 18.2 Å². The smallest absolute Gasteiger partial charge is 0.242 e. The van der Waals surface area contributed by atoms with Crippen LogP contribution in [-0.4, -0.2) is 20.1 Å². The average Bonchev–Trinajstić information content (AvgIpc) is 3.01. The lowest BCUT2D eigenvalue weighted by molar-refractivity contribution is 0.0412. The third kappa shape index (κ3) is 3.75. The van der Waals surface area contributed by atoms with E-state index in [0.717, 1.165) is 5.39 Å². The van der Waals surface area contributed by atoms with Gasteiger partial charge in [-0.15, -0.1) is 0 Å². The Morgan fingerprint density at radius 2 is 1.85 bits per heavy atom. The standard InChI is InChI=1S/C18H17Cl2NO4S/c1-11-7-16(14(20)9-13(11)19)26(23,24)21-10-18(2,22)17-8-12-5-3-4-6-15(12)25-17/h3-9,21-22H,10H2,1-2H3/t18-/m0/s1. The number of para-hydroxylation sites is 1. The van der Waals surface area contributed by atoms with E-state index in [1.807, 2.05) is 18.2 Å². The van der Waals surface area contributed by atoms with Crippen molar-refractivity contribution in [1.82, 2.24) is 4.72 Å². The molecule has 8 heteroatoms. The summed E-state index contributed by atoms with van der Waals surface area (Å²) in [5.74, 6) is 0.264. The van der Waals surface area contributed by atoms with Gasteiger partial charge in [0.1, 0.15) is 21.8 Å². The van der Waals surface area contributed by atoms with Crippen molar-refractivity contribution in [3.05, 3.63) is 63.8 Å². The van der Waals surface area contributed by atoms with E-state index in [0.29, 0.717) is 16.2 Å². The van der Waals surface area contributed by atoms with Gasteiger partial charge in [0.2, 0.25) is 10.0 Å². The summed E-state index contributed by atoms with van der Waals surface area (Å²) < 4.78 is 33.2. The lowest BCUT2D eigenvalue weighted by atomic mass is 10.0. The first-order valence-corrected chi connectivity index (χ1v) is 10.0. The maximum Gasteiger partial charge on any atom is 0.242 e. The molecule has 0 fully saturated rings. The predicted octanol–water partition coefficient (Wildman–Crippen LogP) is 4.23. The van der Waals surface area contributed by atoms with Crippen molar-refractivity contribution < 1.29 is 17.9 Å². The van der Waals surface area contributed by atoms with Crippen molar-refractivity contribution in [3.63, 3.8) is 0 Å². The van der Waals surface area contributed by atoms with Crippen LogP contribution in [0.2, 0.25) is 10.0 Å². The summed E-state index contributed by atoms with van der Waals surface area (Å²) in [5.41, 5.74) is -0.345. The van der Waals surface area contributed by atoms with Gasteiger partial charge < -0.3 is 9.52 Å². The van der Waals surface area contributed by atoms with Crippen LogP contribution in [0.5, 0.6) is 0 Å². The number of aliphatic hydroxyl groups is 1.